The van der Waals surface area contributed by atoms with Crippen molar-refractivity contribution in [3.63, 3.8) is 0 Å². The van der Waals surface area contributed by atoms with Crippen LogP contribution in [0.25, 0.3) is 21.7 Å². The molecule has 2 fully saturated rings. The second-order valence-electron chi connectivity index (χ2n) is 8.78. The number of hydrogen-bond acceptors (Lipinski definition) is 6. The summed E-state index contributed by atoms with van der Waals surface area (Å²) in [6.45, 7) is 0. The van der Waals surface area contributed by atoms with Crippen LogP contribution in [0.1, 0.15) is 25.7 Å². The maximum Gasteiger partial charge on any atom is 0.250 e. The zero-order valence-electron chi connectivity index (χ0n) is 17.5. The summed E-state index contributed by atoms with van der Waals surface area (Å²) in [5, 5.41) is 20.4. The van der Waals surface area contributed by atoms with Gasteiger partial charge < -0.3 is 14.6 Å². The predicted octanol–water partition coefficient (Wildman–Crippen LogP) is 4.24. The maximum atomic E-state index is 15.0. The van der Waals surface area contributed by atoms with Crippen LogP contribution in [-0.4, -0.2) is 39.1 Å². The van der Waals surface area contributed by atoms with Gasteiger partial charge in [-0.2, -0.15) is 0 Å². The summed E-state index contributed by atoms with van der Waals surface area (Å²) in [5.41, 5.74) is 1.95. The molecule has 5 rings (SSSR count). The monoisotopic (exact) mass is 440 g/mol. The highest BCUT2D eigenvalue weighted by molar-refractivity contribution is 7.18. The quantitative estimate of drug-likeness (QED) is 0.657. The third kappa shape index (κ3) is 3.63. The van der Waals surface area contributed by atoms with E-state index in [1.54, 1.807) is 25.4 Å². The molecule has 162 valence electrons. The first-order valence-electron chi connectivity index (χ1n) is 10.6. The Morgan fingerprint density at radius 2 is 1.97 bits per heavy atom. The Kier molecular flexibility index (Phi) is 5.04. The summed E-state index contributed by atoms with van der Waals surface area (Å²) in [6.07, 6.45) is 4.86. The average molecular weight is 441 g/mol. The Hall–Kier alpha value is -2.74. The van der Waals surface area contributed by atoms with Crippen molar-refractivity contribution in [2.24, 2.45) is 18.9 Å². The molecule has 0 amide bonds. The van der Waals surface area contributed by atoms with E-state index in [0.717, 1.165) is 36.8 Å². The van der Waals surface area contributed by atoms with Gasteiger partial charge in [0.25, 0.3) is 5.56 Å². The Balaban J connectivity index is 1.39. The summed E-state index contributed by atoms with van der Waals surface area (Å²) in [6, 6.07) is 8.47. The SMILES string of the molecule is CN(c1nnc(-c2ccc(-c3ccn(C)c(=O)c3)cc2O)s1)[C@@H]1C[C@H]2CC[C@H](C2)[C@@H]1F. The lowest BCUT2D eigenvalue weighted by Crippen LogP contribution is -2.45. The highest BCUT2D eigenvalue weighted by Crippen LogP contribution is 2.46. The topological polar surface area (TPSA) is 71.2 Å². The minimum absolute atomic E-state index is 0.0719. The minimum Gasteiger partial charge on any atom is -0.507 e. The van der Waals surface area contributed by atoms with Crippen LogP contribution >= 0.6 is 11.3 Å². The van der Waals surface area contributed by atoms with Crippen LogP contribution in [0.5, 0.6) is 5.75 Å². The van der Waals surface area contributed by atoms with E-state index in [1.165, 1.54) is 22.0 Å². The standard InChI is InChI=1S/C23H25FN4O2S/c1-27-8-7-15(12-20(27)30)14-5-6-17(19(29)11-14)22-25-26-23(31-22)28(2)18-10-13-3-4-16(9-13)21(18)24/h5-8,11-13,16,18,21,29H,3-4,9-10H2,1-2H3/t13-,16+,18+,21-/m0/s1. The zero-order chi connectivity index (χ0) is 21.7. The van der Waals surface area contributed by atoms with Gasteiger partial charge in [-0.1, -0.05) is 17.4 Å². The van der Waals surface area contributed by atoms with Gasteiger partial charge in [0.05, 0.1) is 11.6 Å². The van der Waals surface area contributed by atoms with Crippen LogP contribution < -0.4 is 10.5 Å². The third-order valence-electron chi connectivity index (χ3n) is 6.85. The van der Waals surface area contributed by atoms with E-state index in [4.69, 9.17) is 0 Å². The number of nitrogens with zero attached hydrogens (tertiary/aromatic N) is 4. The third-order valence-corrected chi connectivity index (χ3v) is 7.90. The van der Waals surface area contributed by atoms with Gasteiger partial charge in [-0.05, 0) is 66.8 Å². The number of halogens is 1. The number of rotatable bonds is 4. The molecule has 0 unspecified atom stereocenters. The van der Waals surface area contributed by atoms with Gasteiger partial charge in [-0.3, -0.25) is 4.79 Å². The molecule has 2 aliphatic carbocycles. The van der Waals surface area contributed by atoms with Gasteiger partial charge in [0.1, 0.15) is 11.9 Å². The zero-order valence-corrected chi connectivity index (χ0v) is 18.3. The molecule has 4 atom stereocenters. The number of hydrogen-bond donors (Lipinski definition) is 1. The molecule has 1 aromatic carbocycles. The summed E-state index contributed by atoms with van der Waals surface area (Å²) < 4.78 is 16.5. The van der Waals surface area contributed by atoms with Crippen molar-refractivity contribution < 1.29 is 9.50 Å². The van der Waals surface area contributed by atoms with E-state index in [1.807, 2.05) is 24.1 Å². The van der Waals surface area contributed by atoms with Crippen LogP contribution in [0.2, 0.25) is 0 Å². The lowest BCUT2D eigenvalue weighted by molar-refractivity contribution is 0.144. The van der Waals surface area contributed by atoms with Crippen LogP contribution in [0.3, 0.4) is 0 Å². The van der Waals surface area contributed by atoms with Gasteiger partial charge in [-0.25, -0.2) is 4.39 Å². The first-order chi connectivity index (χ1) is 14.9. The fourth-order valence-corrected chi connectivity index (χ4v) is 5.90. The molecular weight excluding hydrogens is 415 g/mol. The molecule has 2 heterocycles. The van der Waals surface area contributed by atoms with Gasteiger partial charge in [0.2, 0.25) is 5.13 Å². The number of phenolic OH excluding ortho intramolecular Hbond substituents is 1. The lowest BCUT2D eigenvalue weighted by atomic mass is 9.83. The molecule has 0 saturated heterocycles. The van der Waals surface area contributed by atoms with Gasteiger partial charge in [-0.15, -0.1) is 10.2 Å². The molecule has 2 aliphatic rings. The second-order valence-corrected chi connectivity index (χ2v) is 9.74. The molecule has 0 radical (unpaired) electrons. The molecule has 2 saturated carbocycles. The average Bonchev–Trinajstić information content (AvgIpc) is 3.40. The summed E-state index contributed by atoms with van der Waals surface area (Å²) in [4.78, 5) is 13.8. The number of aromatic hydroxyl groups is 1. The number of pyridine rings is 1. The summed E-state index contributed by atoms with van der Waals surface area (Å²) in [5.74, 6) is 0.857. The van der Waals surface area contributed by atoms with E-state index in [2.05, 4.69) is 10.2 Å². The smallest absolute Gasteiger partial charge is 0.250 e. The lowest BCUT2D eigenvalue weighted by Gasteiger charge is -2.37. The fourth-order valence-electron chi connectivity index (χ4n) is 5.00. The highest BCUT2D eigenvalue weighted by Gasteiger charge is 2.44. The molecule has 0 aliphatic heterocycles. The Morgan fingerprint density at radius 3 is 2.74 bits per heavy atom. The van der Waals surface area contributed by atoms with Gasteiger partial charge >= 0.3 is 0 Å². The molecule has 1 N–H and O–H groups in total. The molecule has 0 spiro atoms. The number of alkyl halides is 1. The van der Waals surface area contributed by atoms with Crippen molar-refractivity contribution in [2.45, 2.75) is 37.9 Å². The van der Waals surface area contributed by atoms with E-state index >= 15 is 0 Å². The molecule has 2 aromatic heterocycles. The molecule has 8 heteroatoms. The van der Waals surface area contributed by atoms with E-state index in [0.29, 0.717) is 21.6 Å². The number of phenols is 1. The Labute approximate surface area is 184 Å². The molecule has 31 heavy (non-hydrogen) atoms. The first-order valence-corrected chi connectivity index (χ1v) is 11.4. The highest BCUT2D eigenvalue weighted by atomic mass is 32.1. The van der Waals surface area contributed by atoms with Gasteiger partial charge in [0, 0.05) is 26.4 Å². The van der Waals surface area contributed by atoms with E-state index < -0.39 is 6.17 Å². The Bertz CT molecular complexity index is 1180. The largest absolute Gasteiger partial charge is 0.507 e. The first kappa shape index (κ1) is 20.2. The molecule has 3 aromatic rings. The van der Waals surface area contributed by atoms with E-state index in [-0.39, 0.29) is 23.3 Å². The van der Waals surface area contributed by atoms with Crippen LogP contribution in [0, 0.1) is 11.8 Å². The fraction of sp³-hybridized carbons (Fsp3) is 0.435. The van der Waals surface area contributed by atoms with Crippen molar-refractivity contribution in [3.05, 3.63) is 46.9 Å². The van der Waals surface area contributed by atoms with E-state index in [9.17, 15) is 14.3 Å². The minimum atomic E-state index is -0.831. The number of aromatic nitrogens is 3. The maximum absolute atomic E-state index is 15.0. The second kappa shape index (κ2) is 7.75. The summed E-state index contributed by atoms with van der Waals surface area (Å²) in [7, 11) is 3.59. The normalized spacial score (nSPS) is 25.0. The number of benzene rings is 1. The molecule has 2 bridgehead atoms. The van der Waals surface area contributed by atoms with Gasteiger partial charge in [0.15, 0.2) is 5.01 Å². The number of anilines is 1. The molecular formula is C23H25FN4O2S. The van der Waals surface area contributed by atoms with Crippen molar-refractivity contribution in [2.75, 3.05) is 11.9 Å². The van der Waals surface area contributed by atoms with Crippen molar-refractivity contribution in [3.8, 4) is 27.4 Å². The van der Waals surface area contributed by atoms with Crippen molar-refractivity contribution >= 4 is 16.5 Å². The Morgan fingerprint density at radius 1 is 1.16 bits per heavy atom. The van der Waals surface area contributed by atoms with Crippen LogP contribution in [-0.2, 0) is 7.05 Å². The van der Waals surface area contributed by atoms with Crippen molar-refractivity contribution in [1.82, 2.24) is 14.8 Å². The summed E-state index contributed by atoms with van der Waals surface area (Å²) >= 11 is 1.36. The van der Waals surface area contributed by atoms with Crippen LogP contribution in [0.15, 0.2) is 41.3 Å². The molecule has 6 nitrogen and oxygen atoms in total. The number of aryl methyl sites for hydroxylation is 1. The number of fused-ring (bicyclic) bond motifs is 2. The van der Waals surface area contributed by atoms with Crippen LogP contribution in [0.4, 0.5) is 9.52 Å². The van der Waals surface area contributed by atoms with Crippen molar-refractivity contribution in [1.29, 1.82) is 0 Å². The predicted molar refractivity (Wildman–Crippen MR) is 120 cm³/mol.